The van der Waals surface area contributed by atoms with Crippen molar-refractivity contribution in [2.45, 2.75) is 43.7 Å². The van der Waals surface area contributed by atoms with Gasteiger partial charge in [0.25, 0.3) is 0 Å². The maximum atomic E-state index is 12.6. The Morgan fingerprint density at radius 1 is 1.15 bits per heavy atom. The first kappa shape index (κ1) is 21.7. The van der Waals surface area contributed by atoms with E-state index in [1.165, 1.54) is 4.31 Å². The van der Waals surface area contributed by atoms with Gasteiger partial charge in [0.2, 0.25) is 10.0 Å². The Morgan fingerprint density at radius 3 is 2.33 bits per heavy atom. The molecule has 0 atom stereocenters. The molecule has 0 radical (unpaired) electrons. The van der Waals surface area contributed by atoms with E-state index in [4.69, 9.17) is 0 Å². The van der Waals surface area contributed by atoms with Crippen molar-refractivity contribution in [2.75, 3.05) is 26.2 Å². The highest BCUT2D eigenvalue weighted by Crippen LogP contribution is 2.30. The van der Waals surface area contributed by atoms with Gasteiger partial charge in [-0.2, -0.15) is 17.5 Å². The number of rotatable bonds is 6. The molecule has 1 N–H and O–H groups in total. The molecule has 0 spiro atoms. The van der Waals surface area contributed by atoms with Gasteiger partial charge in [-0.05, 0) is 50.1 Å². The van der Waals surface area contributed by atoms with Crippen molar-refractivity contribution in [3.8, 4) is 11.8 Å². The summed E-state index contributed by atoms with van der Waals surface area (Å²) in [5.41, 5.74) is -0.858. The van der Waals surface area contributed by atoms with Gasteiger partial charge >= 0.3 is 6.18 Å². The zero-order chi connectivity index (χ0) is 19.9. The summed E-state index contributed by atoms with van der Waals surface area (Å²) in [5, 5.41) is 3.27. The van der Waals surface area contributed by atoms with Gasteiger partial charge in [-0.25, -0.2) is 8.42 Å². The summed E-state index contributed by atoms with van der Waals surface area (Å²) in [6.45, 7) is 4.59. The molecule has 0 aromatic heterocycles. The fraction of sp³-hybridized carbons (Fsp3) is 0.579. The number of alkyl halides is 3. The van der Waals surface area contributed by atoms with Crippen LogP contribution in [0.15, 0.2) is 29.2 Å². The van der Waals surface area contributed by atoms with Crippen LogP contribution in [-0.2, 0) is 16.2 Å². The van der Waals surface area contributed by atoms with E-state index in [1.807, 2.05) is 0 Å². The maximum absolute atomic E-state index is 12.6. The zero-order valence-electron chi connectivity index (χ0n) is 15.3. The summed E-state index contributed by atoms with van der Waals surface area (Å²) in [4.78, 5) is -0.109. The molecule has 1 aromatic carbocycles. The fourth-order valence-corrected chi connectivity index (χ4v) is 4.34. The molecular formula is C19H25F3N2O2S. The minimum Gasteiger partial charge on any atom is -0.316 e. The number of benzene rings is 1. The third-order valence-corrected chi connectivity index (χ3v) is 6.35. The highest BCUT2D eigenvalue weighted by molar-refractivity contribution is 7.89. The molecule has 1 aliphatic heterocycles. The van der Waals surface area contributed by atoms with Crippen LogP contribution in [0.5, 0.6) is 0 Å². The number of nitrogens with one attached hydrogen (secondary N) is 1. The Morgan fingerprint density at radius 2 is 1.78 bits per heavy atom. The minimum atomic E-state index is -4.48. The molecule has 1 saturated heterocycles. The topological polar surface area (TPSA) is 49.4 Å². The second-order valence-electron chi connectivity index (χ2n) is 6.52. The lowest BCUT2D eigenvalue weighted by Crippen LogP contribution is -2.38. The van der Waals surface area contributed by atoms with E-state index in [1.54, 1.807) is 0 Å². The van der Waals surface area contributed by atoms with Gasteiger partial charge in [-0.3, -0.25) is 0 Å². The van der Waals surface area contributed by atoms with E-state index < -0.39 is 21.8 Å². The first-order valence-electron chi connectivity index (χ1n) is 9.11. The molecule has 4 nitrogen and oxygen atoms in total. The smallest absolute Gasteiger partial charge is 0.316 e. The van der Waals surface area contributed by atoms with Crippen molar-refractivity contribution in [1.29, 1.82) is 0 Å². The number of hydrogen-bond acceptors (Lipinski definition) is 3. The van der Waals surface area contributed by atoms with Crippen LogP contribution in [0.1, 0.15) is 38.2 Å². The lowest BCUT2D eigenvalue weighted by Gasteiger charge is -2.29. The highest BCUT2D eigenvalue weighted by atomic mass is 32.2. The number of hydrogen-bond donors (Lipinski definition) is 1. The van der Waals surface area contributed by atoms with E-state index in [-0.39, 0.29) is 10.8 Å². The van der Waals surface area contributed by atoms with E-state index in [2.05, 4.69) is 24.1 Å². The maximum Gasteiger partial charge on any atom is 0.416 e. The van der Waals surface area contributed by atoms with Gasteiger partial charge in [0.1, 0.15) is 0 Å². The van der Waals surface area contributed by atoms with Crippen LogP contribution in [0.25, 0.3) is 0 Å². The summed E-state index contributed by atoms with van der Waals surface area (Å²) in [5.74, 6) is 6.49. The molecular weight excluding hydrogens is 377 g/mol. The molecule has 1 fully saturated rings. The number of sulfonamides is 1. The molecule has 0 bridgehead atoms. The van der Waals surface area contributed by atoms with Crippen molar-refractivity contribution in [2.24, 2.45) is 5.92 Å². The Kier molecular flexibility index (Phi) is 7.71. The fourth-order valence-electron chi connectivity index (χ4n) is 2.87. The molecule has 150 valence electrons. The molecule has 1 aliphatic rings. The van der Waals surface area contributed by atoms with Crippen molar-refractivity contribution in [3.63, 3.8) is 0 Å². The average Bonchev–Trinajstić information content (AvgIpc) is 2.64. The van der Waals surface area contributed by atoms with Gasteiger partial charge in [-0.15, -0.1) is 5.92 Å². The largest absolute Gasteiger partial charge is 0.416 e. The molecule has 0 amide bonds. The average molecular weight is 402 g/mol. The Balaban J connectivity index is 1.90. The monoisotopic (exact) mass is 402 g/mol. The second-order valence-corrected chi connectivity index (χ2v) is 8.46. The van der Waals surface area contributed by atoms with Gasteiger partial charge < -0.3 is 5.32 Å². The van der Waals surface area contributed by atoms with Crippen LogP contribution in [0.3, 0.4) is 0 Å². The summed E-state index contributed by atoms with van der Waals surface area (Å²) < 4.78 is 64.4. The molecule has 8 heteroatoms. The second kappa shape index (κ2) is 9.58. The number of halogens is 3. The van der Waals surface area contributed by atoms with Crippen LogP contribution in [-0.4, -0.2) is 38.9 Å². The van der Waals surface area contributed by atoms with Gasteiger partial charge in [0.05, 0.1) is 10.5 Å². The van der Waals surface area contributed by atoms with Gasteiger partial charge in [0, 0.05) is 32.0 Å². The molecule has 0 unspecified atom stereocenters. The summed E-state index contributed by atoms with van der Waals surface area (Å²) >= 11 is 0. The molecule has 0 aliphatic carbocycles. The van der Waals surface area contributed by atoms with E-state index in [0.29, 0.717) is 25.9 Å². The number of piperidine rings is 1. The summed E-state index contributed by atoms with van der Waals surface area (Å²) in [7, 11) is -3.78. The summed E-state index contributed by atoms with van der Waals surface area (Å²) in [6.07, 6.45) is -1.36. The lowest BCUT2D eigenvalue weighted by molar-refractivity contribution is -0.137. The van der Waals surface area contributed by atoms with E-state index in [9.17, 15) is 21.6 Å². The number of nitrogens with zero attached hydrogens (tertiary/aromatic N) is 1. The van der Waals surface area contributed by atoms with Crippen LogP contribution in [0.4, 0.5) is 13.2 Å². The predicted molar refractivity (Wildman–Crippen MR) is 98.5 cm³/mol. The van der Waals surface area contributed by atoms with Crippen LogP contribution >= 0.6 is 0 Å². The highest BCUT2D eigenvalue weighted by Gasteiger charge is 2.32. The Bertz CT molecular complexity index is 757. The van der Waals surface area contributed by atoms with Crippen LogP contribution < -0.4 is 5.32 Å². The molecule has 2 rings (SSSR count). The first-order chi connectivity index (χ1) is 12.7. The minimum absolute atomic E-state index is 0.109. The Hall–Kier alpha value is -1.56. The van der Waals surface area contributed by atoms with E-state index in [0.717, 1.165) is 50.2 Å². The third kappa shape index (κ3) is 6.23. The van der Waals surface area contributed by atoms with Crippen molar-refractivity contribution in [3.05, 3.63) is 29.8 Å². The SMILES string of the molecule is CCCNCCC#CC1CCN(S(=O)(=O)c2ccc(C(F)(F)F)cc2)CC1. The first-order valence-corrected chi connectivity index (χ1v) is 10.6. The Labute approximate surface area is 159 Å². The van der Waals surface area contributed by atoms with Crippen molar-refractivity contribution >= 4 is 10.0 Å². The molecule has 0 saturated carbocycles. The van der Waals surface area contributed by atoms with Crippen LogP contribution in [0.2, 0.25) is 0 Å². The van der Waals surface area contributed by atoms with Crippen LogP contribution in [0, 0.1) is 17.8 Å². The quantitative estimate of drug-likeness (QED) is 0.585. The predicted octanol–water partition coefficient (Wildman–Crippen LogP) is 3.50. The lowest BCUT2D eigenvalue weighted by atomic mass is 9.99. The standard InChI is InChI=1S/C19H25F3N2O2S/c1-2-12-23-13-4-3-5-16-10-14-24(15-11-16)27(25,26)18-8-6-17(7-9-18)19(20,21)22/h6-9,16,23H,2,4,10-15H2,1H3. The summed E-state index contributed by atoms with van der Waals surface area (Å²) in [6, 6.07) is 3.65. The van der Waals surface area contributed by atoms with Crippen molar-refractivity contribution < 1.29 is 21.6 Å². The van der Waals surface area contributed by atoms with Crippen molar-refractivity contribution in [1.82, 2.24) is 9.62 Å². The van der Waals surface area contributed by atoms with Gasteiger partial charge in [0.15, 0.2) is 0 Å². The normalized spacial score (nSPS) is 16.7. The molecule has 1 aromatic rings. The van der Waals surface area contributed by atoms with E-state index >= 15 is 0 Å². The zero-order valence-corrected chi connectivity index (χ0v) is 16.2. The molecule has 27 heavy (non-hydrogen) atoms. The van der Waals surface area contributed by atoms with Gasteiger partial charge in [-0.1, -0.05) is 12.8 Å². The third-order valence-electron chi connectivity index (χ3n) is 4.43. The molecule has 1 heterocycles.